The fraction of sp³-hybridized carbons (Fsp3) is 0.304. The Morgan fingerprint density at radius 2 is 2.00 bits per heavy atom. The molecule has 32 heavy (non-hydrogen) atoms. The summed E-state index contributed by atoms with van der Waals surface area (Å²) in [5, 5.41) is 8.28. The Balaban J connectivity index is 1.54. The quantitative estimate of drug-likeness (QED) is 0.617. The third-order valence-corrected chi connectivity index (χ3v) is 6.38. The van der Waals surface area contributed by atoms with Crippen LogP contribution < -0.4 is 10.2 Å². The number of nitrogens with zero attached hydrogens (tertiary/aromatic N) is 3. The molecular formula is C23H24N4O4S. The van der Waals surface area contributed by atoms with Crippen LogP contribution in [-0.2, 0) is 14.4 Å². The summed E-state index contributed by atoms with van der Waals surface area (Å²) in [7, 11) is 1.57. The van der Waals surface area contributed by atoms with E-state index in [0.717, 1.165) is 16.1 Å². The van der Waals surface area contributed by atoms with Crippen molar-refractivity contribution in [2.75, 3.05) is 23.8 Å². The summed E-state index contributed by atoms with van der Waals surface area (Å²) in [6.07, 6.45) is 0.0870. The van der Waals surface area contributed by atoms with Gasteiger partial charge in [-0.15, -0.1) is 11.3 Å². The van der Waals surface area contributed by atoms with Gasteiger partial charge < -0.3 is 19.6 Å². The molecular weight excluding hydrogens is 428 g/mol. The minimum Gasteiger partial charge on any atom is -0.360 e. The Morgan fingerprint density at radius 3 is 2.62 bits per heavy atom. The number of likely N-dealkylation sites (N-methyl/N-ethyl adjacent to an activating group) is 1. The lowest BCUT2D eigenvalue weighted by Gasteiger charge is -2.29. The van der Waals surface area contributed by atoms with E-state index < -0.39 is 12.0 Å². The highest BCUT2D eigenvalue weighted by molar-refractivity contribution is 7.10. The second-order valence-corrected chi connectivity index (χ2v) is 8.91. The molecule has 0 saturated carbocycles. The van der Waals surface area contributed by atoms with E-state index >= 15 is 0 Å². The summed E-state index contributed by atoms with van der Waals surface area (Å²) >= 11 is 1.51. The normalized spacial score (nSPS) is 18.1. The van der Waals surface area contributed by atoms with Crippen molar-refractivity contribution in [3.63, 3.8) is 0 Å². The molecule has 2 atom stereocenters. The van der Waals surface area contributed by atoms with E-state index in [1.807, 2.05) is 48.7 Å². The smallest absolute Gasteiger partial charge is 0.245 e. The zero-order valence-electron chi connectivity index (χ0n) is 18.1. The molecule has 1 aliphatic heterocycles. The van der Waals surface area contributed by atoms with Gasteiger partial charge in [-0.25, -0.2) is 0 Å². The van der Waals surface area contributed by atoms with Crippen molar-refractivity contribution < 1.29 is 18.9 Å². The third kappa shape index (κ3) is 4.43. The average molecular weight is 453 g/mol. The molecule has 0 spiro atoms. The first-order valence-corrected chi connectivity index (χ1v) is 11.1. The summed E-state index contributed by atoms with van der Waals surface area (Å²) < 4.78 is 4.94. The summed E-state index contributed by atoms with van der Waals surface area (Å²) in [5.74, 6) is -0.467. The molecule has 9 heteroatoms. The molecule has 1 aromatic carbocycles. The monoisotopic (exact) mass is 452 g/mol. The van der Waals surface area contributed by atoms with Crippen LogP contribution in [0.2, 0.25) is 0 Å². The minimum atomic E-state index is -0.588. The van der Waals surface area contributed by atoms with Gasteiger partial charge in [-0.3, -0.25) is 14.4 Å². The zero-order valence-corrected chi connectivity index (χ0v) is 18.9. The first kappa shape index (κ1) is 21.8. The Bertz CT molecular complexity index is 1120. The summed E-state index contributed by atoms with van der Waals surface area (Å²) in [6, 6.07) is 12.7. The Hall–Kier alpha value is -3.46. The maximum atomic E-state index is 13.4. The molecule has 0 radical (unpaired) electrons. The molecule has 0 bridgehead atoms. The maximum absolute atomic E-state index is 13.4. The van der Waals surface area contributed by atoms with Gasteiger partial charge >= 0.3 is 0 Å². The molecule has 2 aromatic heterocycles. The molecule has 1 N–H and O–H groups in total. The number of thiophene rings is 1. The Labute approximate surface area is 189 Å². The van der Waals surface area contributed by atoms with Crippen molar-refractivity contribution in [1.29, 1.82) is 0 Å². The van der Waals surface area contributed by atoms with Gasteiger partial charge in [0.05, 0.1) is 18.5 Å². The van der Waals surface area contributed by atoms with Crippen LogP contribution in [0.3, 0.4) is 0 Å². The van der Waals surface area contributed by atoms with Gasteiger partial charge in [-0.05, 0) is 37.4 Å². The van der Waals surface area contributed by atoms with Gasteiger partial charge in [0.1, 0.15) is 5.76 Å². The maximum Gasteiger partial charge on any atom is 0.245 e. The summed E-state index contributed by atoms with van der Waals surface area (Å²) in [5.41, 5.74) is 1.85. The van der Waals surface area contributed by atoms with Crippen molar-refractivity contribution in [1.82, 2.24) is 10.1 Å². The van der Waals surface area contributed by atoms with E-state index in [1.54, 1.807) is 24.9 Å². The Morgan fingerprint density at radius 1 is 1.25 bits per heavy atom. The van der Waals surface area contributed by atoms with Crippen LogP contribution in [0.15, 0.2) is 52.4 Å². The van der Waals surface area contributed by atoms with Gasteiger partial charge in [0, 0.05) is 30.1 Å². The van der Waals surface area contributed by atoms with Crippen LogP contribution >= 0.6 is 11.3 Å². The fourth-order valence-corrected chi connectivity index (χ4v) is 4.82. The van der Waals surface area contributed by atoms with Gasteiger partial charge in [0.2, 0.25) is 17.7 Å². The number of hydrogen-bond donors (Lipinski definition) is 1. The molecule has 1 aliphatic rings. The van der Waals surface area contributed by atoms with Crippen molar-refractivity contribution in [3.05, 3.63) is 64.0 Å². The van der Waals surface area contributed by atoms with Gasteiger partial charge in [0.25, 0.3) is 0 Å². The van der Waals surface area contributed by atoms with Crippen LogP contribution in [0, 0.1) is 19.8 Å². The molecule has 3 heterocycles. The second kappa shape index (κ2) is 8.96. The molecule has 8 nitrogen and oxygen atoms in total. The van der Waals surface area contributed by atoms with E-state index in [0.29, 0.717) is 11.6 Å². The summed E-state index contributed by atoms with van der Waals surface area (Å²) in [4.78, 5) is 42.8. The molecule has 3 aromatic rings. The van der Waals surface area contributed by atoms with Gasteiger partial charge in [0.15, 0.2) is 5.82 Å². The van der Waals surface area contributed by atoms with E-state index in [-0.39, 0.29) is 30.7 Å². The second-order valence-electron chi connectivity index (χ2n) is 7.94. The number of hydrogen-bond acceptors (Lipinski definition) is 6. The fourth-order valence-electron chi connectivity index (χ4n) is 3.93. The lowest BCUT2D eigenvalue weighted by atomic mass is 9.97. The number of carbonyl (C=O) groups excluding carboxylic acids is 3. The topological polar surface area (TPSA) is 95.8 Å². The largest absolute Gasteiger partial charge is 0.360 e. The number of nitrogens with one attached hydrogen (secondary N) is 1. The van der Waals surface area contributed by atoms with Crippen LogP contribution in [0.5, 0.6) is 0 Å². The van der Waals surface area contributed by atoms with Crippen LogP contribution in [0.4, 0.5) is 11.5 Å². The highest BCUT2D eigenvalue weighted by atomic mass is 32.1. The SMILES string of the molecule is Cc1ccc(N2C(=O)C[C@@H](C(=O)N(C)CC(=O)Nc3cc(C)on3)[C@H]2c2cccs2)cc1. The van der Waals surface area contributed by atoms with Crippen molar-refractivity contribution >= 4 is 40.6 Å². The first-order chi connectivity index (χ1) is 15.3. The molecule has 0 aliphatic carbocycles. The average Bonchev–Trinajstić information content (AvgIpc) is 3.48. The van der Waals surface area contributed by atoms with Crippen molar-refractivity contribution in [3.8, 4) is 0 Å². The van der Waals surface area contributed by atoms with Crippen LogP contribution in [-0.4, -0.2) is 41.4 Å². The van der Waals surface area contributed by atoms with E-state index in [4.69, 9.17) is 4.52 Å². The van der Waals surface area contributed by atoms with Crippen LogP contribution in [0.1, 0.15) is 28.7 Å². The molecule has 166 valence electrons. The van der Waals surface area contributed by atoms with Crippen LogP contribution in [0.25, 0.3) is 0 Å². The lowest BCUT2D eigenvalue weighted by Crippen LogP contribution is -2.40. The predicted molar refractivity (Wildman–Crippen MR) is 121 cm³/mol. The van der Waals surface area contributed by atoms with Gasteiger partial charge in [-0.1, -0.05) is 28.9 Å². The van der Waals surface area contributed by atoms with Gasteiger partial charge in [-0.2, -0.15) is 0 Å². The van der Waals surface area contributed by atoms with E-state index in [1.165, 1.54) is 16.2 Å². The standard InChI is InChI=1S/C23H24N4O4S/c1-14-6-8-16(9-7-14)27-21(29)12-17(22(27)18-5-4-10-32-18)23(30)26(3)13-20(28)24-19-11-15(2)31-25-19/h4-11,17,22H,12-13H2,1-3H3,(H,24,25,28)/t17-,22+/m1/s1. The van der Waals surface area contributed by atoms with Crippen molar-refractivity contribution in [2.24, 2.45) is 5.92 Å². The minimum absolute atomic E-state index is 0.0870. The molecule has 0 unspecified atom stereocenters. The molecule has 1 saturated heterocycles. The number of amides is 3. The number of benzene rings is 1. The number of rotatable bonds is 6. The highest BCUT2D eigenvalue weighted by Gasteiger charge is 2.46. The zero-order chi connectivity index (χ0) is 22.8. The molecule has 1 fully saturated rings. The number of aromatic nitrogens is 1. The highest BCUT2D eigenvalue weighted by Crippen LogP contribution is 2.43. The lowest BCUT2D eigenvalue weighted by molar-refractivity contribution is -0.137. The summed E-state index contributed by atoms with van der Waals surface area (Å²) in [6.45, 7) is 3.55. The van der Waals surface area contributed by atoms with E-state index in [9.17, 15) is 14.4 Å². The number of anilines is 2. The predicted octanol–water partition coefficient (Wildman–Crippen LogP) is 3.54. The number of aryl methyl sites for hydroxylation is 2. The molecule has 3 amide bonds. The van der Waals surface area contributed by atoms with Crippen molar-refractivity contribution in [2.45, 2.75) is 26.3 Å². The first-order valence-electron chi connectivity index (χ1n) is 10.2. The number of carbonyl (C=O) groups is 3. The third-order valence-electron chi connectivity index (χ3n) is 5.44. The van der Waals surface area contributed by atoms with E-state index in [2.05, 4.69) is 10.5 Å². The Kier molecular flexibility index (Phi) is 6.09. The molecule has 4 rings (SSSR count).